The lowest BCUT2D eigenvalue weighted by Crippen LogP contribution is -2.38. The molecule has 1 saturated carbocycles. The number of oxazole rings is 1. The first-order chi connectivity index (χ1) is 12.1. The summed E-state index contributed by atoms with van der Waals surface area (Å²) in [6.45, 7) is 2.66. The summed E-state index contributed by atoms with van der Waals surface area (Å²) < 4.78 is 5.89. The Hall–Kier alpha value is -1.75. The first kappa shape index (κ1) is 16.7. The fourth-order valence-electron chi connectivity index (χ4n) is 3.62. The van der Waals surface area contributed by atoms with Gasteiger partial charge in [0, 0.05) is 44.2 Å². The van der Waals surface area contributed by atoms with Crippen LogP contribution in [0.5, 0.6) is 0 Å². The zero-order valence-electron chi connectivity index (χ0n) is 14.6. The molecule has 1 aliphatic carbocycles. The van der Waals surface area contributed by atoms with E-state index in [1.807, 2.05) is 24.1 Å². The van der Waals surface area contributed by atoms with E-state index in [1.54, 1.807) is 6.07 Å². The maximum Gasteiger partial charge on any atom is 0.298 e. The fraction of sp³-hybridized carbons (Fsp3) is 0.579. The van der Waals surface area contributed by atoms with Crippen molar-refractivity contribution in [3.05, 3.63) is 23.2 Å². The Balaban J connectivity index is 1.40. The first-order valence-corrected chi connectivity index (χ1v) is 9.51. The minimum atomic E-state index is 0.267. The van der Waals surface area contributed by atoms with Crippen molar-refractivity contribution >= 4 is 34.6 Å². The third kappa shape index (κ3) is 3.92. The molecule has 1 unspecified atom stereocenters. The zero-order valence-corrected chi connectivity index (χ0v) is 15.3. The predicted molar refractivity (Wildman–Crippen MR) is 98.9 cm³/mol. The molecule has 1 amide bonds. The molecule has 134 valence electrons. The Labute approximate surface area is 152 Å². The number of hydrogen-bond donors (Lipinski definition) is 0. The predicted octanol–water partition coefficient (Wildman–Crippen LogP) is 3.96. The SMILES string of the molecule is CN(CC1CC1)C(=O)CC1CCCN(c2nc3ccc(Cl)cc3o2)C1. The van der Waals surface area contributed by atoms with Crippen LogP contribution in [0.3, 0.4) is 0 Å². The van der Waals surface area contributed by atoms with Gasteiger partial charge in [-0.15, -0.1) is 0 Å². The maximum atomic E-state index is 12.4. The largest absolute Gasteiger partial charge is 0.423 e. The van der Waals surface area contributed by atoms with E-state index >= 15 is 0 Å². The number of carbonyl (C=O) groups is 1. The summed E-state index contributed by atoms with van der Waals surface area (Å²) in [5.74, 6) is 1.37. The van der Waals surface area contributed by atoms with E-state index in [4.69, 9.17) is 16.0 Å². The van der Waals surface area contributed by atoms with Crippen molar-refractivity contribution in [3.63, 3.8) is 0 Å². The summed E-state index contributed by atoms with van der Waals surface area (Å²) in [7, 11) is 1.94. The van der Waals surface area contributed by atoms with Crippen molar-refractivity contribution in [2.24, 2.45) is 11.8 Å². The molecule has 1 aliphatic heterocycles. The van der Waals surface area contributed by atoms with E-state index in [-0.39, 0.29) is 5.91 Å². The Morgan fingerprint density at radius 3 is 3.00 bits per heavy atom. The summed E-state index contributed by atoms with van der Waals surface area (Å²) in [5, 5.41) is 0.649. The number of hydrogen-bond acceptors (Lipinski definition) is 4. The molecule has 0 spiro atoms. The summed E-state index contributed by atoms with van der Waals surface area (Å²) in [5.41, 5.74) is 1.53. The lowest BCUT2D eigenvalue weighted by molar-refractivity contribution is -0.131. The fourth-order valence-corrected chi connectivity index (χ4v) is 3.78. The third-order valence-corrected chi connectivity index (χ3v) is 5.48. The maximum absolute atomic E-state index is 12.4. The summed E-state index contributed by atoms with van der Waals surface area (Å²) in [6.07, 6.45) is 5.31. The second-order valence-electron chi connectivity index (χ2n) is 7.48. The Bertz CT molecular complexity index is 771. The number of aromatic nitrogens is 1. The van der Waals surface area contributed by atoms with E-state index in [1.165, 1.54) is 12.8 Å². The van der Waals surface area contributed by atoms with Crippen molar-refractivity contribution in [1.29, 1.82) is 0 Å². The average molecular weight is 362 g/mol. The van der Waals surface area contributed by atoms with Crippen LogP contribution in [-0.2, 0) is 4.79 Å². The Morgan fingerprint density at radius 2 is 2.20 bits per heavy atom. The molecule has 1 aromatic heterocycles. The average Bonchev–Trinajstić information content (AvgIpc) is 3.31. The molecular weight excluding hydrogens is 338 g/mol. The molecule has 0 N–H and O–H groups in total. The molecule has 4 rings (SSSR count). The van der Waals surface area contributed by atoms with Gasteiger partial charge in [-0.05, 0) is 49.7 Å². The lowest BCUT2D eigenvalue weighted by Gasteiger charge is -2.32. The van der Waals surface area contributed by atoms with Crippen LogP contribution in [0.15, 0.2) is 22.6 Å². The van der Waals surface area contributed by atoms with Crippen LogP contribution < -0.4 is 4.90 Å². The van der Waals surface area contributed by atoms with Gasteiger partial charge < -0.3 is 14.2 Å². The first-order valence-electron chi connectivity index (χ1n) is 9.13. The molecule has 0 radical (unpaired) electrons. The minimum Gasteiger partial charge on any atom is -0.423 e. The van der Waals surface area contributed by atoms with E-state index in [9.17, 15) is 4.79 Å². The highest BCUT2D eigenvalue weighted by Gasteiger charge is 2.28. The van der Waals surface area contributed by atoms with Crippen LogP contribution in [-0.4, -0.2) is 42.5 Å². The van der Waals surface area contributed by atoms with Gasteiger partial charge in [0.2, 0.25) is 5.91 Å². The molecule has 1 atom stereocenters. The number of anilines is 1. The van der Waals surface area contributed by atoms with Crippen molar-refractivity contribution < 1.29 is 9.21 Å². The van der Waals surface area contributed by atoms with E-state index in [0.29, 0.717) is 29.0 Å². The number of amides is 1. The number of carbonyl (C=O) groups excluding carboxylic acids is 1. The molecular formula is C19H24ClN3O2. The van der Waals surface area contributed by atoms with Gasteiger partial charge in [-0.1, -0.05) is 11.6 Å². The molecule has 0 bridgehead atoms. The van der Waals surface area contributed by atoms with Gasteiger partial charge in [-0.25, -0.2) is 0 Å². The van der Waals surface area contributed by atoms with E-state index < -0.39 is 0 Å². The van der Waals surface area contributed by atoms with Gasteiger partial charge in [0.05, 0.1) is 0 Å². The number of halogens is 1. The van der Waals surface area contributed by atoms with Gasteiger partial charge in [0.25, 0.3) is 6.01 Å². The standard InChI is InChI=1S/C19H24ClN3O2/c1-22(11-13-4-5-13)18(24)9-14-3-2-8-23(12-14)19-21-16-7-6-15(20)10-17(16)25-19/h6-7,10,13-14H,2-5,8-9,11-12H2,1H3. The summed E-state index contributed by atoms with van der Waals surface area (Å²) in [4.78, 5) is 21.1. The lowest BCUT2D eigenvalue weighted by atomic mass is 9.94. The van der Waals surface area contributed by atoms with Crippen LogP contribution in [0.4, 0.5) is 6.01 Å². The van der Waals surface area contributed by atoms with Crippen molar-refractivity contribution in [2.45, 2.75) is 32.1 Å². The second kappa shape index (κ2) is 6.87. The second-order valence-corrected chi connectivity index (χ2v) is 7.92. The molecule has 25 heavy (non-hydrogen) atoms. The van der Waals surface area contributed by atoms with Crippen LogP contribution in [0, 0.1) is 11.8 Å². The number of fused-ring (bicyclic) bond motifs is 1. The number of nitrogens with zero attached hydrogens (tertiary/aromatic N) is 3. The highest BCUT2D eigenvalue weighted by molar-refractivity contribution is 6.31. The van der Waals surface area contributed by atoms with Gasteiger partial charge in [0.15, 0.2) is 5.58 Å². The monoisotopic (exact) mass is 361 g/mol. The van der Waals surface area contributed by atoms with Crippen molar-refractivity contribution in [1.82, 2.24) is 9.88 Å². The molecule has 6 heteroatoms. The van der Waals surface area contributed by atoms with Gasteiger partial charge >= 0.3 is 0 Å². The van der Waals surface area contributed by atoms with Crippen LogP contribution in [0.2, 0.25) is 5.02 Å². The van der Waals surface area contributed by atoms with Crippen LogP contribution in [0.1, 0.15) is 32.1 Å². The minimum absolute atomic E-state index is 0.267. The van der Waals surface area contributed by atoms with E-state index in [0.717, 1.165) is 43.9 Å². The topological polar surface area (TPSA) is 49.6 Å². The van der Waals surface area contributed by atoms with Crippen molar-refractivity contribution in [2.75, 3.05) is 31.6 Å². The van der Waals surface area contributed by atoms with Gasteiger partial charge in [-0.3, -0.25) is 4.79 Å². The molecule has 2 heterocycles. The highest BCUT2D eigenvalue weighted by atomic mass is 35.5. The summed E-state index contributed by atoms with van der Waals surface area (Å²) >= 11 is 6.02. The Morgan fingerprint density at radius 1 is 1.36 bits per heavy atom. The summed E-state index contributed by atoms with van der Waals surface area (Å²) in [6, 6.07) is 6.14. The van der Waals surface area contributed by atoms with Crippen molar-refractivity contribution in [3.8, 4) is 0 Å². The number of benzene rings is 1. The molecule has 2 aromatic rings. The molecule has 2 fully saturated rings. The molecule has 1 saturated heterocycles. The highest BCUT2D eigenvalue weighted by Crippen LogP contribution is 2.31. The smallest absolute Gasteiger partial charge is 0.298 e. The molecule has 1 aromatic carbocycles. The van der Waals surface area contributed by atoms with Gasteiger partial charge in [-0.2, -0.15) is 4.98 Å². The van der Waals surface area contributed by atoms with Crippen LogP contribution >= 0.6 is 11.6 Å². The number of rotatable bonds is 5. The van der Waals surface area contributed by atoms with Gasteiger partial charge in [0.1, 0.15) is 5.52 Å². The normalized spacial score (nSPS) is 20.9. The molecule has 2 aliphatic rings. The number of piperidine rings is 1. The molecule has 5 nitrogen and oxygen atoms in total. The zero-order chi connectivity index (χ0) is 17.4. The Kier molecular flexibility index (Phi) is 4.59. The quantitative estimate of drug-likeness (QED) is 0.808. The third-order valence-electron chi connectivity index (χ3n) is 5.25. The van der Waals surface area contributed by atoms with Crippen LogP contribution in [0.25, 0.3) is 11.1 Å². The van der Waals surface area contributed by atoms with E-state index in [2.05, 4.69) is 9.88 Å².